The summed E-state index contributed by atoms with van der Waals surface area (Å²) in [6, 6.07) is 11.0. The van der Waals surface area contributed by atoms with Crippen molar-refractivity contribution in [2.45, 2.75) is 32.2 Å². The fourth-order valence-electron chi connectivity index (χ4n) is 3.50. The Kier molecular flexibility index (Phi) is 6.37. The van der Waals surface area contributed by atoms with E-state index in [0.717, 1.165) is 11.5 Å². The molecule has 4 rings (SSSR count). The zero-order valence-corrected chi connectivity index (χ0v) is 18.7. The van der Waals surface area contributed by atoms with Crippen LogP contribution in [0.4, 0.5) is 5.69 Å². The van der Waals surface area contributed by atoms with Gasteiger partial charge >= 0.3 is 0 Å². The average molecular weight is 453 g/mol. The Labute approximate surface area is 191 Å². The summed E-state index contributed by atoms with van der Waals surface area (Å²) in [4.78, 5) is 16.2. The highest BCUT2D eigenvalue weighted by atomic mass is 35.5. The third-order valence-electron chi connectivity index (χ3n) is 5.48. The molecule has 1 heterocycles. The van der Waals surface area contributed by atoms with Gasteiger partial charge in [0, 0.05) is 29.8 Å². The summed E-state index contributed by atoms with van der Waals surface area (Å²) in [7, 11) is 1.48. The second-order valence-electron chi connectivity index (χ2n) is 7.59. The van der Waals surface area contributed by atoms with Gasteiger partial charge in [0.05, 0.1) is 34.7 Å². The number of carbonyl (C=O) groups excluding carboxylic acids is 1. The van der Waals surface area contributed by atoms with Crippen LogP contribution in [0.3, 0.4) is 0 Å². The van der Waals surface area contributed by atoms with Gasteiger partial charge in [0.1, 0.15) is 17.2 Å². The highest BCUT2D eigenvalue weighted by Gasteiger charge is 2.18. The van der Waals surface area contributed by atoms with E-state index in [1.54, 1.807) is 30.5 Å². The highest BCUT2D eigenvalue weighted by Crippen LogP contribution is 2.35. The lowest BCUT2D eigenvalue weighted by Gasteiger charge is -2.29. The molecule has 4 N–H and O–H groups in total. The molecular weight excluding hydrogens is 428 g/mol. The van der Waals surface area contributed by atoms with E-state index in [4.69, 9.17) is 26.8 Å². The quantitative estimate of drug-likeness (QED) is 0.434. The Balaban J connectivity index is 1.58. The van der Waals surface area contributed by atoms with Gasteiger partial charge in [0.25, 0.3) is 5.91 Å². The molecule has 1 saturated carbocycles. The van der Waals surface area contributed by atoms with Crippen molar-refractivity contribution in [3.63, 3.8) is 0 Å². The molecular formula is C24H25ClN4O3. The number of halogens is 1. The smallest absolute Gasteiger partial charge is 0.252 e. The molecule has 166 valence electrons. The SMILES string of the molecule is C/C=C(\Nc1ccc(Oc2ccnc3cc(OC)c(C(N)=O)cc23)cc1Cl)NC1CCC1. The van der Waals surface area contributed by atoms with Crippen molar-refractivity contribution >= 4 is 34.1 Å². The molecule has 0 unspecified atom stereocenters. The minimum atomic E-state index is -0.590. The lowest BCUT2D eigenvalue weighted by Crippen LogP contribution is -2.36. The number of allylic oxidation sites excluding steroid dienone is 1. The molecule has 1 aliphatic carbocycles. The monoisotopic (exact) mass is 452 g/mol. The molecule has 1 fully saturated rings. The number of hydrogen-bond donors (Lipinski definition) is 3. The number of ether oxygens (including phenoxy) is 2. The third-order valence-corrected chi connectivity index (χ3v) is 5.79. The van der Waals surface area contributed by atoms with Crippen LogP contribution in [-0.2, 0) is 0 Å². The Morgan fingerprint density at radius 1 is 1.22 bits per heavy atom. The van der Waals surface area contributed by atoms with Crippen LogP contribution in [-0.4, -0.2) is 24.0 Å². The first-order valence-electron chi connectivity index (χ1n) is 10.4. The van der Waals surface area contributed by atoms with Gasteiger partial charge in [-0.1, -0.05) is 11.6 Å². The van der Waals surface area contributed by atoms with E-state index in [9.17, 15) is 4.79 Å². The predicted octanol–water partition coefficient (Wildman–Crippen LogP) is 5.20. The average Bonchev–Trinajstić information content (AvgIpc) is 2.76. The van der Waals surface area contributed by atoms with Gasteiger partial charge in [-0.05, 0) is 56.5 Å². The van der Waals surface area contributed by atoms with Gasteiger partial charge in [0.15, 0.2) is 0 Å². The fourth-order valence-corrected chi connectivity index (χ4v) is 3.71. The molecule has 1 aliphatic rings. The van der Waals surface area contributed by atoms with Gasteiger partial charge < -0.3 is 25.8 Å². The van der Waals surface area contributed by atoms with Crippen LogP contribution >= 0.6 is 11.6 Å². The molecule has 0 radical (unpaired) electrons. The number of methoxy groups -OCH3 is 1. The number of fused-ring (bicyclic) bond motifs is 1. The molecule has 3 aromatic rings. The van der Waals surface area contributed by atoms with Gasteiger partial charge in [0.2, 0.25) is 0 Å². The summed E-state index contributed by atoms with van der Waals surface area (Å²) in [6.45, 7) is 1.98. The molecule has 8 heteroatoms. The van der Waals surface area contributed by atoms with Crippen LogP contribution in [0.25, 0.3) is 10.9 Å². The summed E-state index contributed by atoms with van der Waals surface area (Å²) in [5, 5.41) is 7.98. The fraction of sp³-hybridized carbons (Fsp3) is 0.250. The van der Waals surface area contributed by atoms with Crippen molar-refractivity contribution in [2.24, 2.45) is 5.73 Å². The molecule has 0 spiro atoms. The van der Waals surface area contributed by atoms with E-state index in [1.807, 2.05) is 25.1 Å². The number of aromatic nitrogens is 1. The number of primary amides is 1. The summed E-state index contributed by atoms with van der Waals surface area (Å²) in [5.74, 6) is 1.78. The van der Waals surface area contributed by atoms with Crippen molar-refractivity contribution in [3.8, 4) is 17.2 Å². The summed E-state index contributed by atoms with van der Waals surface area (Å²) >= 11 is 6.52. The van der Waals surface area contributed by atoms with Crippen molar-refractivity contribution in [2.75, 3.05) is 12.4 Å². The third kappa shape index (κ3) is 4.57. The molecule has 0 bridgehead atoms. The Morgan fingerprint density at radius 2 is 2.03 bits per heavy atom. The zero-order valence-electron chi connectivity index (χ0n) is 17.9. The van der Waals surface area contributed by atoms with E-state index < -0.39 is 5.91 Å². The lowest BCUT2D eigenvalue weighted by molar-refractivity contribution is 0.0997. The van der Waals surface area contributed by atoms with Crippen LogP contribution in [0.5, 0.6) is 17.2 Å². The van der Waals surface area contributed by atoms with Crippen LogP contribution in [0.1, 0.15) is 36.5 Å². The number of anilines is 1. The van der Waals surface area contributed by atoms with Crippen LogP contribution in [0.15, 0.2) is 54.5 Å². The maximum Gasteiger partial charge on any atom is 0.252 e. The Hall–Kier alpha value is -3.45. The number of amides is 1. The topological polar surface area (TPSA) is 98.5 Å². The number of carbonyl (C=O) groups is 1. The number of nitrogens with one attached hydrogen (secondary N) is 2. The first-order chi connectivity index (χ1) is 15.5. The maximum absolute atomic E-state index is 11.8. The first kappa shape index (κ1) is 21.8. The zero-order chi connectivity index (χ0) is 22.7. The molecule has 0 atom stereocenters. The normalized spacial score (nSPS) is 14.0. The number of nitrogens with two attached hydrogens (primary N) is 1. The maximum atomic E-state index is 11.8. The minimum absolute atomic E-state index is 0.258. The lowest BCUT2D eigenvalue weighted by atomic mass is 9.93. The standard InChI is InChI=1S/C24H25ClN4O3/c1-3-23(28-14-5-4-6-14)29-19-8-7-15(11-18(19)25)32-21-9-10-27-20-13-22(31-2)17(24(26)30)12-16(20)21/h3,7-14,28-29H,4-6H2,1-2H3,(H2,26,30)/b23-3-. The van der Waals surface area contributed by atoms with Crippen molar-refractivity contribution < 1.29 is 14.3 Å². The Bertz CT molecular complexity index is 1190. The Morgan fingerprint density at radius 3 is 2.66 bits per heavy atom. The molecule has 0 aliphatic heterocycles. The van der Waals surface area contributed by atoms with E-state index in [0.29, 0.717) is 39.2 Å². The van der Waals surface area contributed by atoms with Gasteiger partial charge in [-0.2, -0.15) is 0 Å². The van der Waals surface area contributed by atoms with Crippen LogP contribution < -0.4 is 25.8 Å². The summed E-state index contributed by atoms with van der Waals surface area (Å²) in [5.41, 5.74) is 7.15. The molecule has 1 aromatic heterocycles. The number of pyridine rings is 1. The van der Waals surface area contributed by atoms with E-state index in [1.165, 1.54) is 26.4 Å². The van der Waals surface area contributed by atoms with Crippen LogP contribution in [0.2, 0.25) is 5.02 Å². The summed E-state index contributed by atoms with van der Waals surface area (Å²) < 4.78 is 11.3. The second-order valence-corrected chi connectivity index (χ2v) is 7.99. The van der Waals surface area contributed by atoms with Gasteiger partial charge in [-0.15, -0.1) is 0 Å². The van der Waals surface area contributed by atoms with Gasteiger partial charge in [-0.3, -0.25) is 9.78 Å². The van der Waals surface area contributed by atoms with E-state index in [-0.39, 0.29) is 5.56 Å². The van der Waals surface area contributed by atoms with Gasteiger partial charge in [-0.25, -0.2) is 0 Å². The van der Waals surface area contributed by atoms with E-state index in [2.05, 4.69) is 15.6 Å². The molecule has 1 amide bonds. The van der Waals surface area contributed by atoms with Crippen molar-refractivity contribution in [1.82, 2.24) is 10.3 Å². The molecule has 0 saturated heterocycles. The number of rotatable bonds is 8. The largest absolute Gasteiger partial charge is 0.496 e. The van der Waals surface area contributed by atoms with Crippen molar-refractivity contribution in [3.05, 3.63) is 65.1 Å². The molecule has 2 aromatic carbocycles. The van der Waals surface area contributed by atoms with E-state index >= 15 is 0 Å². The highest BCUT2D eigenvalue weighted by molar-refractivity contribution is 6.33. The number of hydrogen-bond acceptors (Lipinski definition) is 6. The van der Waals surface area contributed by atoms with Crippen molar-refractivity contribution in [1.29, 1.82) is 0 Å². The second kappa shape index (κ2) is 9.36. The molecule has 32 heavy (non-hydrogen) atoms. The summed E-state index contributed by atoms with van der Waals surface area (Å²) in [6.07, 6.45) is 7.25. The first-order valence-corrected chi connectivity index (χ1v) is 10.8. The number of nitrogens with zero attached hydrogens (tertiary/aromatic N) is 1. The molecule has 7 nitrogen and oxygen atoms in total. The minimum Gasteiger partial charge on any atom is -0.496 e. The number of benzene rings is 2. The predicted molar refractivity (Wildman–Crippen MR) is 126 cm³/mol. The van der Waals surface area contributed by atoms with Crippen LogP contribution in [0, 0.1) is 0 Å².